The van der Waals surface area contributed by atoms with Crippen LogP contribution in [0.4, 0.5) is 5.69 Å². The second-order valence-electron chi connectivity index (χ2n) is 7.63. The van der Waals surface area contributed by atoms with E-state index in [1.807, 2.05) is 79.0 Å². The van der Waals surface area contributed by atoms with Crippen LogP contribution in [0.15, 0.2) is 78.3 Å². The molecule has 32 heavy (non-hydrogen) atoms. The maximum absolute atomic E-state index is 13.3. The number of rotatable bonds is 7. The first-order valence-electron chi connectivity index (χ1n) is 10.3. The highest BCUT2D eigenvalue weighted by Crippen LogP contribution is 2.27. The SMILES string of the molecule is Cc1ccc(NC(=O)CN(C)C(=O)c2cn(Cc3ccccc3)nc2-c2cccs2)cc1. The molecule has 0 unspecified atom stereocenters. The van der Waals surface area contributed by atoms with Crippen molar-refractivity contribution >= 4 is 28.8 Å². The number of amides is 2. The lowest BCUT2D eigenvalue weighted by atomic mass is 10.2. The van der Waals surface area contributed by atoms with E-state index >= 15 is 0 Å². The van der Waals surface area contributed by atoms with Gasteiger partial charge in [-0.25, -0.2) is 0 Å². The van der Waals surface area contributed by atoms with Crippen LogP contribution in [0, 0.1) is 6.92 Å². The molecule has 1 N–H and O–H groups in total. The van der Waals surface area contributed by atoms with Crippen LogP contribution in [0.2, 0.25) is 0 Å². The van der Waals surface area contributed by atoms with E-state index in [9.17, 15) is 9.59 Å². The highest BCUT2D eigenvalue weighted by molar-refractivity contribution is 7.13. The number of hydrogen-bond acceptors (Lipinski definition) is 4. The van der Waals surface area contributed by atoms with Gasteiger partial charge in [-0.05, 0) is 36.1 Å². The van der Waals surface area contributed by atoms with Crippen molar-refractivity contribution in [2.24, 2.45) is 0 Å². The molecule has 0 aliphatic carbocycles. The number of thiophene rings is 1. The summed E-state index contributed by atoms with van der Waals surface area (Å²) in [5, 5.41) is 9.48. The summed E-state index contributed by atoms with van der Waals surface area (Å²) >= 11 is 1.53. The molecule has 7 heteroatoms. The lowest BCUT2D eigenvalue weighted by Gasteiger charge is -2.16. The molecular weight excluding hydrogens is 420 g/mol. The van der Waals surface area contributed by atoms with E-state index in [1.54, 1.807) is 17.9 Å². The van der Waals surface area contributed by atoms with Gasteiger partial charge in [0.1, 0.15) is 5.69 Å². The summed E-state index contributed by atoms with van der Waals surface area (Å²) in [4.78, 5) is 28.1. The van der Waals surface area contributed by atoms with Gasteiger partial charge in [-0.15, -0.1) is 11.3 Å². The first kappa shape index (κ1) is 21.5. The first-order chi connectivity index (χ1) is 15.5. The largest absolute Gasteiger partial charge is 0.332 e. The monoisotopic (exact) mass is 444 g/mol. The average molecular weight is 445 g/mol. The highest BCUT2D eigenvalue weighted by Gasteiger charge is 2.23. The highest BCUT2D eigenvalue weighted by atomic mass is 32.1. The fourth-order valence-electron chi connectivity index (χ4n) is 3.35. The van der Waals surface area contributed by atoms with E-state index in [-0.39, 0.29) is 18.4 Å². The third-order valence-corrected chi connectivity index (χ3v) is 5.87. The number of carbonyl (C=O) groups excluding carboxylic acids is 2. The summed E-state index contributed by atoms with van der Waals surface area (Å²) in [5.41, 5.74) is 4.03. The van der Waals surface area contributed by atoms with E-state index in [0.717, 1.165) is 16.0 Å². The summed E-state index contributed by atoms with van der Waals surface area (Å²) in [6.45, 7) is 2.49. The number of carbonyl (C=O) groups is 2. The molecule has 2 aromatic heterocycles. The molecule has 6 nitrogen and oxygen atoms in total. The van der Waals surface area contributed by atoms with Gasteiger partial charge in [0.25, 0.3) is 5.91 Å². The lowest BCUT2D eigenvalue weighted by Crippen LogP contribution is -2.35. The molecule has 162 valence electrons. The number of nitrogens with one attached hydrogen (secondary N) is 1. The van der Waals surface area contributed by atoms with Crippen LogP contribution in [0.3, 0.4) is 0 Å². The zero-order chi connectivity index (χ0) is 22.5. The Morgan fingerprint density at radius 2 is 1.78 bits per heavy atom. The topological polar surface area (TPSA) is 67.2 Å². The van der Waals surface area contributed by atoms with Crippen molar-refractivity contribution in [2.45, 2.75) is 13.5 Å². The van der Waals surface area contributed by atoms with Crippen molar-refractivity contribution in [3.63, 3.8) is 0 Å². The van der Waals surface area contributed by atoms with Crippen LogP contribution in [-0.2, 0) is 11.3 Å². The molecule has 0 atom stereocenters. The van der Waals surface area contributed by atoms with Crippen LogP contribution >= 0.6 is 11.3 Å². The first-order valence-corrected chi connectivity index (χ1v) is 11.1. The summed E-state index contributed by atoms with van der Waals surface area (Å²) in [5.74, 6) is -0.495. The standard InChI is InChI=1S/C25H24N4O2S/c1-18-10-12-20(13-11-18)26-23(30)17-28(2)25(31)21-16-29(15-19-7-4-3-5-8-19)27-24(21)22-9-6-14-32-22/h3-14,16H,15,17H2,1-2H3,(H,26,30). The molecule has 2 amide bonds. The van der Waals surface area contributed by atoms with Crippen LogP contribution in [0.1, 0.15) is 21.5 Å². The van der Waals surface area contributed by atoms with E-state index in [0.29, 0.717) is 23.5 Å². The van der Waals surface area contributed by atoms with Crippen molar-refractivity contribution in [3.8, 4) is 10.6 Å². The second kappa shape index (κ2) is 9.62. The predicted octanol–water partition coefficient (Wildman–Crippen LogP) is 4.68. The Kier molecular flexibility index (Phi) is 6.47. The zero-order valence-electron chi connectivity index (χ0n) is 18.0. The molecule has 0 spiro atoms. The van der Waals surface area contributed by atoms with E-state index < -0.39 is 0 Å². The molecule has 0 fully saturated rings. The van der Waals surface area contributed by atoms with Crippen molar-refractivity contribution in [1.29, 1.82) is 0 Å². The number of aromatic nitrogens is 2. The van der Waals surface area contributed by atoms with Gasteiger partial charge in [0.15, 0.2) is 0 Å². The Labute approximate surface area is 191 Å². The third-order valence-electron chi connectivity index (χ3n) is 5.00. The summed E-state index contributed by atoms with van der Waals surface area (Å²) < 4.78 is 1.78. The Morgan fingerprint density at radius 1 is 1.03 bits per heavy atom. The zero-order valence-corrected chi connectivity index (χ0v) is 18.8. The van der Waals surface area contributed by atoms with Gasteiger partial charge in [0, 0.05) is 18.9 Å². The maximum atomic E-state index is 13.3. The molecule has 0 radical (unpaired) electrons. The van der Waals surface area contributed by atoms with Gasteiger partial charge in [-0.1, -0.05) is 54.1 Å². The maximum Gasteiger partial charge on any atom is 0.257 e. The van der Waals surface area contributed by atoms with Gasteiger partial charge in [0.2, 0.25) is 5.91 Å². The smallest absolute Gasteiger partial charge is 0.257 e. The minimum atomic E-state index is -0.251. The van der Waals surface area contributed by atoms with E-state index in [4.69, 9.17) is 0 Å². The van der Waals surface area contributed by atoms with Crippen LogP contribution in [-0.4, -0.2) is 40.1 Å². The third kappa shape index (κ3) is 5.12. The van der Waals surface area contributed by atoms with Gasteiger partial charge < -0.3 is 10.2 Å². The Bertz CT molecular complexity index is 1200. The average Bonchev–Trinajstić information content (AvgIpc) is 3.45. The van der Waals surface area contributed by atoms with Crippen molar-refractivity contribution in [3.05, 3.63) is 95.0 Å². The molecule has 0 aliphatic heterocycles. The lowest BCUT2D eigenvalue weighted by molar-refractivity contribution is -0.116. The van der Waals surface area contributed by atoms with Gasteiger partial charge in [-0.2, -0.15) is 5.10 Å². The van der Waals surface area contributed by atoms with Crippen molar-refractivity contribution < 1.29 is 9.59 Å². The minimum absolute atomic E-state index is 0.0551. The Hall–Kier alpha value is -3.71. The molecule has 4 aromatic rings. The fourth-order valence-corrected chi connectivity index (χ4v) is 4.08. The molecule has 4 rings (SSSR count). The molecule has 0 saturated carbocycles. The molecular formula is C25H24N4O2S. The Morgan fingerprint density at radius 3 is 2.47 bits per heavy atom. The second-order valence-corrected chi connectivity index (χ2v) is 8.57. The summed E-state index contributed by atoms with van der Waals surface area (Å²) in [6.07, 6.45) is 1.76. The fraction of sp³-hybridized carbons (Fsp3) is 0.160. The molecule has 2 heterocycles. The van der Waals surface area contributed by atoms with Crippen molar-refractivity contribution in [2.75, 3.05) is 18.9 Å². The molecule has 0 saturated heterocycles. The molecule has 0 aliphatic rings. The number of benzene rings is 2. The normalized spacial score (nSPS) is 10.7. The van der Waals surface area contributed by atoms with Crippen LogP contribution < -0.4 is 5.32 Å². The van der Waals surface area contributed by atoms with E-state index in [1.165, 1.54) is 16.2 Å². The molecule has 0 bridgehead atoms. The number of likely N-dealkylation sites (N-methyl/N-ethyl adjacent to an activating group) is 1. The number of aryl methyl sites for hydroxylation is 1. The van der Waals surface area contributed by atoms with Gasteiger partial charge >= 0.3 is 0 Å². The van der Waals surface area contributed by atoms with E-state index in [2.05, 4.69) is 10.4 Å². The number of hydrogen-bond donors (Lipinski definition) is 1. The number of anilines is 1. The van der Waals surface area contributed by atoms with Crippen molar-refractivity contribution in [1.82, 2.24) is 14.7 Å². The summed E-state index contributed by atoms with van der Waals surface area (Å²) in [7, 11) is 1.63. The summed E-state index contributed by atoms with van der Waals surface area (Å²) in [6, 6.07) is 21.4. The van der Waals surface area contributed by atoms with Crippen LogP contribution in [0.5, 0.6) is 0 Å². The molecule has 2 aromatic carbocycles. The predicted molar refractivity (Wildman–Crippen MR) is 128 cm³/mol. The van der Waals surface area contributed by atoms with Crippen LogP contribution in [0.25, 0.3) is 10.6 Å². The van der Waals surface area contributed by atoms with Gasteiger partial charge in [-0.3, -0.25) is 14.3 Å². The van der Waals surface area contributed by atoms with Gasteiger partial charge in [0.05, 0.1) is 23.5 Å². The minimum Gasteiger partial charge on any atom is -0.332 e. The quantitative estimate of drug-likeness (QED) is 0.450. The number of nitrogens with zero attached hydrogens (tertiary/aromatic N) is 3. The Balaban J connectivity index is 1.52.